The summed E-state index contributed by atoms with van der Waals surface area (Å²) in [6, 6.07) is 0. The zero-order chi connectivity index (χ0) is 10.4. The Morgan fingerprint density at radius 2 is 1.85 bits per heavy atom. The number of hydrogen-bond donors (Lipinski definition) is 3. The second kappa shape index (κ2) is 5.22. The number of esters is 2. The van der Waals surface area contributed by atoms with Gasteiger partial charge in [-0.25, -0.2) is 4.79 Å². The normalized spacial score (nSPS) is 11.8. The predicted molar refractivity (Wildman–Crippen MR) is 38.4 cm³/mol. The summed E-state index contributed by atoms with van der Waals surface area (Å²) in [4.78, 5) is 31.0. The lowest BCUT2D eigenvalue weighted by Gasteiger charge is -2.03. The van der Waals surface area contributed by atoms with Gasteiger partial charge in [-0.3, -0.25) is 9.59 Å². The van der Waals surface area contributed by atoms with Crippen LogP contribution in [0.1, 0.15) is 6.42 Å². The third-order valence-corrected chi connectivity index (χ3v) is 1.04. The average molecular weight is 191 g/mol. The Bertz CT molecular complexity index is 225. The van der Waals surface area contributed by atoms with Crippen molar-refractivity contribution in [3.8, 4) is 0 Å². The minimum absolute atomic E-state index is 0.477. The number of carbonyl (C=O) groups excluding carboxylic acids is 2. The van der Waals surface area contributed by atoms with Crippen LogP contribution in [0.5, 0.6) is 0 Å². The molecule has 0 saturated heterocycles. The lowest BCUT2D eigenvalue weighted by atomic mass is 10.2. The average Bonchev–Trinajstić information content (AvgIpc) is 2.03. The van der Waals surface area contributed by atoms with E-state index in [1.165, 1.54) is 0 Å². The van der Waals surface area contributed by atoms with Crippen LogP contribution in [0.15, 0.2) is 0 Å². The molecule has 1 unspecified atom stereocenters. The van der Waals surface area contributed by atoms with Crippen molar-refractivity contribution < 1.29 is 29.3 Å². The predicted octanol–water partition coefficient (Wildman–Crippen LogP) is -2.15. The van der Waals surface area contributed by atoms with Gasteiger partial charge in [-0.1, -0.05) is 0 Å². The standard InChI is InChI=1S/C6H9NO6/c7-2-5(10)13-4(9)1-3(8)6(11)12/h3,8H,1-2,7H2,(H,11,12). The summed E-state index contributed by atoms with van der Waals surface area (Å²) in [6.07, 6.45) is -2.64. The van der Waals surface area contributed by atoms with Crippen LogP contribution in [0, 0.1) is 0 Å². The van der Waals surface area contributed by atoms with Crippen molar-refractivity contribution in [2.45, 2.75) is 12.5 Å². The molecule has 1 atom stereocenters. The fourth-order valence-corrected chi connectivity index (χ4v) is 0.455. The molecule has 0 bridgehead atoms. The Balaban J connectivity index is 3.88. The molecule has 0 aromatic carbocycles. The van der Waals surface area contributed by atoms with Gasteiger partial charge in [0.05, 0.1) is 13.0 Å². The second-order valence-electron chi connectivity index (χ2n) is 2.11. The summed E-state index contributed by atoms with van der Waals surface area (Å²) in [6.45, 7) is -0.477. The Hall–Kier alpha value is -1.47. The Labute approximate surface area is 73.1 Å². The van der Waals surface area contributed by atoms with Crippen LogP contribution in [0.2, 0.25) is 0 Å². The van der Waals surface area contributed by atoms with E-state index in [0.29, 0.717) is 0 Å². The highest BCUT2D eigenvalue weighted by atomic mass is 16.6. The molecule has 7 nitrogen and oxygen atoms in total. The Morgan fingerprint density at radius 3 is 2.23 bits per heavy atom. The molecule has 0 amide bonds. The number of aliphatic hydroxyl groups is 1. The number of hydrogen-bond acceptors (Lipinski definition) is 6. The van der Waals surface area contributed by atoms with Gasteiger partial charge in [0.15, 0.2) is 6.10 Å². The van der Waals surface area contributed by atoms with Crippen LogP contribution in [0.4, 0.5) is 0 Å². The minimum atomic E-state index is -1.86. The third-order valence-electron chi connectivity index (χ3n) is 1.04. The van der Waals surface area contributed by atoms with E-state index < -0.39 is 37.0 Å². The van der Waals surface area contributed by atoms with Gasteiger partial charge in [0.25, 0.3) is 0 Å². The molecule has 0 aromatic rings. The highest BCUT2D eigenvalue weighted by Gasteiger charge is 2.20. The first-order valence-corrected chi connectivity index (χ1v) is 3.31. The molecule has 4 N–H and O–H groups in total. The Morgan fingerprint density at radius 1 is 1.31 bits per heavy atom. The molecule has 0 aromatic heterocycles. The second-order valence-corrected chi connectivity index (χ2v) is 2.11. The molecule has 0 radical (unpaired) electrons. The fraction of sp³-hybridized carbons (Fsp3) is 0.500. The van der Waals surface area contributed by atoms with E-state index in [4.69, 9.17) is 15.9 Å². The number of ether oxygens (including phenoxy) is 1. The van der Waals surface area contributed by atoms with Crippen LogP contribution in [0.25, 0.3) is 0 Å². The van der Waals surface area contributed by atoms with Gasteiger partial charge in [-0.15, -0.1) is 0 Å². The van der Waals surface area contributed by atoms with Crippen LogP contribution in [0.3, 0.4) is 0 Å². The van der Waals surface area contributed by atoms with Crippen molar-refractivity contribution in [2.75, 3.05) is 6.54 Å². The number of nitrogens with two attached hydrogens (primary N) is 1. The molecule has 0 aliphatic heterocycles. The van der Waals surface area contributed by atoms with E-state index in [2.05, 4.69) is 4.74 Å². The SMILES string of the molecule is NCC(=O)OC(=O)CC(O)C(=O)O. The molecule has 0 spiro atoms. The van der Waals surface area contributed by atoms with E-state index in [9.17, 15) is 14.4 Å². The highest BCUT2D eigenvalue weighted by Crippen LogP contribution is 1.94. The molecule has 13 heavy (non-hydrogen) atoms. The van der Waals surface area contributed by atoms with E-state index in [-0.39, 0.29) is 0 Å². The largest absolute Gasteiger partial charge is 0.479 e. The topological polar surface area (TPSA) is 127 Å². The molecular formula is C6H9NO6. The van der Waals surface area contributed by atoms with Gasteiger partial charge in [-0.05, 0) is 0 Å². The van der Waals surface area contributed by atoms with E-state index in [1.807, 2.05) is 0 Å². The van der Waals surface area contributed by atoms with Gasteiger partial charge in [0.2, 0.25) is 0 Å². The number of rotatable bonds is 4. The number of carboxylic acid groups (broad SMARTS) is 1. The summed E-state index contributed by atoms with van der Waals surface area (Å²) in [5.41, 5.74) is 4.81. The first kappa shape index (κ1) is 11.5. The van der Waals surface area contributed by atoms with Crippen LogP contribution in [-0.4, -0.2) is 40.8 Å². The molecular weight excluding hydrogens is 182 g/mol. The molecule has 0 aliphatic rings. The van der Waals surface area contributed by atoms with Gasteiger partial charge >= 0.3 is 17.9 Å². The first-order chi connectivity index (χ1) is 5.97. The van der Waals surface area contributed by atoms with Crippen molar-refractivity contribution in [1.29, 1.82) is 0 Å². The maximum absolute atomic E-state index is 10.6. The highest BCUT2D eigenvalue weighted by molar-refractivity contribution is 5.88. The van der Waals surface area contributed by atoms with Crippen molar-refractivity contribution in [1.82, 2.24) is 0 Å². The van der Waals surface area contributed by atoms with Crippen molar-refractivity contribution in [3.05, 3.63) is 0 Å². The first-order valence-electron chi connectivity index (χ1n) is 3.31. The summed E-state index contributed by atoms with van der Waals surface area (Å²) in [5, 5.41) is 16.8. The van der Waals surface area contributed by atoms with Crippen LogP contribution in [-0.2, 0) is 19.1 Å². The molecule has 0 aliphatic carbocycles. The zero-order valence-corrected chi connectivity index (χ0v) is 6.60. The van der Waals surface area contributed by atoms with Crippen LogP contribution < -0.4 is 5.73 Å². The van der Waals surface area contributed by atoms with Crippen molar-refractivity contribution in [2.24, 2.45) is 5.73 Å². The molecule has 7 heteroatoms. The van der Waals surface area contributed by atoms with E-state index in [0.717, 1.165) is 0 Å². The number of carboxylic acids is 1. The fourth-order valence-electron chi connectivity index (χ4n) is 0.455. The minimum Gasteiger partial charge on any atom is -0.479 e. The zero-order valence-electron chi connectivity index (χ0n) is 6.60. The summed E-state index contributed by atoms with van der Waals surface area (Å²) in [7, 11) is 0. The van der Waals surface area contributed by atoms with Crippen molar-refractivity contribution in [3.63, 3.8) is 0 Å². The summed E-state index contributed by atoms with van der Waals surface area (Å²) < 4.78 is 3.99. The number of aliphatic carboxylic acids is 1. The lowest BCUT2D eigenvalue weighted by molar-refractivity contribution is -0.163. The number of carbonyl (C=O) groups is 3. The van der Waals surface area contributed by atoms with Gasteiger partial charge in [0, 0.05) is 0 Å². The van der Waals surface area contributed by atoms with Gasteiger partial charge < -0.3 is 20.7 Å². The van der Waals surface area contributed by atoms with Crippen molar-refractivity contribution >= 4 is 17.9 Å². The summed E-state index contributed by atoms with van der Waals surface area (Å²) in [5.74, 6) is -3.65. The van der Waals surface area contributed by atoms with Gasteiger partial charge in [-0.2, -0.15) is 0 Å². The van der Waals surface area contributed by atoms with E-state index in [1.54, 1.807) is 0 Å². The molecule has 0 saturated carbocycles. The molecule has 0 heterocycles. The summed E-state index contributed by atoms with van der Waals surface area (Å²) >= 11 is 0. The smallest absolute Gasteiger partial charge is 0.333 e. The molecule has 0 rings (SSSR count). The third kappa shape index (κ3) is 4.88. The lowest BCUT2D eigenvalue weighted by Crippen LogP contribution is -2.27. The van der Waals surface area contributed by atoms with Gasteiger partial charge in [0.1, 0.15) is 0 Å². The molecule has 0 fully saturated rings. The maximum Gasteiger partial charge on any atom is 0.333 e. The molecule has 74 valence electrons. The Kier molecular flexibility index (Phi) is 4.63. The maximum atomic E-state index is 10.6. The quantitative estimate of drug-likeness (QED) is 0.341. The van der Waals surface area contributed by atoms with Crippen LogP contribution >= 0.6 is 0 Å². The number of aliphatic hydroxyl groups excluding tert-OH is 1. The van der Waals surface area contributed by atoms with E-state index >= 15 is 0 Å². The monoisotopic (exact) mass is 191 g/mol.